The van der Waals surface area contributed by atoms with Crippen LogP contribution in [0.1, 0.15) is 29.2 Å². The molecule has 0 saturated heterocycles. The Morgan fingerprint density at radius 3 is 2.50 bits per heavy atom. The Bertz CT molecular complexity index is 1280. The van der Waals surface area contributed by atoms with Gasteiger partial charge in [0.2, 0.25) is 0 Å². The van der Waals surface area contributed by atoms with Crippen LogP contribution in [0.25, 0.3) is 11.1 Å². The Kier molecular flexibility index (Phi) is 6.81. The molecule has 1 heterocycles. The first-order chi connectivity index (χ1) is 16.2. The minimum absolute atomic E-state index is 0.0775. The number of nitrogens with one attached hydrogen (secondary N) is 1. The highest BCUT2D eigenvalue weighted by molar-refractivity contribution is 7.78. The zero-order valence-electron chi connectivity index (χ0n) is 19.3. The van der Waals surface area contributed by atoms with Crippen LogP contribution in [-0.4, -0.2) is 27.3 Å². The number of aryl methyl sites for hydroxylation is 2. The van der Waals surface area contributed by atoms with Crippen molar-refractivity contribution in [2.24, 2.45) is 0 Å². The highest BCUT2D eigenvalue weighted by Crippen LogP contribution is 2.33. The van der Waals surface area contributed by atoms with Gasteiger partial charge in [-0.1, -0.05) is 24.3 Å². The summed E-state index contributed by atoms with van der Waals surface area (Å²) in [5, 5.41) is 3.00. The van der Waals surface area contributed by atoms with Crippen molar-refractivity contribution in [2.75, 3.05) is 16.8 Å². The van der Waals surface area contributed by atoms with Gasteiger partial charge in [-0.2, -0.15) is 0 Å². The van der Waals surface area contributed by atoms with Gasteiger partial charge in [0.15, 0.2) is 11.1 Å². The van der Waals surface area contributed by atoms with Crippen molar-refractivity contribution in [3.63, 3.8) is 0 Å². The molecule has 0 aromatic heterocycles. The molecule has 0 saturated carbocycles. The molecule has 1 atom stereocenters. The number of urea groups is 1. The van der Waals surface area contributed by atoms with Gasteiger partial charge in [0.25, 0.3) is 0 Å². The lowest BCUT2D eigenvalue weighted by Gasteiger charge is -2.20. The van der Waals surface area contributed by atoms with Gasteiger partial charge in [-0.3, -0.25) is 9.69 Å². The van der Waals surface area contributed by atoms with Crippen molar-refractivity contribution in [1.82, 2.24) is 0 Å². The summed E-state index contributed by atoms with van der Waals surface area (Å²) in [5.74, 6) is 0.197. The molecule has 0 radical (unpaired) electrons. The van der Waals surface area contributed by atoms with Crippen LogP contribution in [0.15, 0.2) is 54.6 Å². The zero-order valence-corrected chi connectivity index (χ0v) is 20.1. The fourth-order valence-corrected chi connectivity index (χ4v) is 4.93. The van der Waals surface area contributed by atoms with Gasteiger partial charge in [0.1, 0.15) is 5.75 Å². The third kappa shape index (κ3) is 5.18. The van der Waals surface area contributed by atoms with Crippen molar-refractivity contribution in [1.29, 1.82) is 0 Å². The number of hydrogen-bond acceptors (Lipinski definition) is 4. The summed E-state index contributed by atoms with van der Waals surface area (Å²) in [6, 6.07) is 16.5. The van der Waals surface area contributed by atoms with E-state index in [4.69, 9.17) is 9.29 Å². The smallest absolute Gasteiger partial charge is 0.326 e. The van der Waals surface area contributed by atoms with Crippen LogP contribution in [0.3, 0.4) is 0 Å². The van der Waals surface area contributed by atoms with E-state index < -0.39 is 11.1 Å². The number of benzene rings is 3. The van der Waals surface area contributed by atoms with E-state index in [-0.39, 0.29) is 17.8 Å². The lowest BCUT2D eigenvalue weighted by Crippen LogP contribution is -2.33. The Morgan fingerprint density at radius 1 is 1.09 bits per heavy atom. The molecule has 0 fully saturated rings. The Morgan fingerprint density at radius 2 is 1.82 bits per heavy atom. The van der Waals surface area contributed by atoms with Gasteiger partial charge in [-0.25, -0.2) is 9.00 Å². The van der Waals surface area contributed by atoms with Gasteiger partial charge in [0, 0.05) is 24.8 Å². The van der Waals surface area contributed by atoms with Crippen LogP contribution in [0.2, 0.25) is 0 Å². The summed E-state index contributed by atoms with van der Waals surface area (Å²) in [4.78, 5) is 26.0. The van der Waals surface area contributed by atoms with Crippen molar-refractivity contribution in [3.8, 4) is 16.9 Å². The summed E-state index contributed by atoms with van der Waals surface area (Å²) < 4.78 is 25.4. The van der Waals surface area contributed by atoms with E-state index in [0.29, 0.717) is 24.4 Å². The summed E-state index contributed by atoms with van der Waals surface area (Å²) in [7, 11) is 0. The highest BCUT2D eigenvalue weighted by Gasteiger charge is 2.25. The lowest BCUT2D eigenvalue weighted by molar-refractivity contribution is -0.131. The molecular formula is C26H26N2O5S. The molecular weight excluding hydrogens is 452 g/mol. The van der Waals surface area contributed by atoms with Gasteiger partial charge in [-0.05, 0) is 84.0 Å². The number of hydrogen-bond donors (Lipinski definition) is 2. The predicted molar refractivity (Wildman–Crippen MR) is 134 cm³/mol. The van der Waals surface area contributed by atoms with Crippen molar-refractivity contribution >= 4 is 34.5 Å². The number of rotatable bonds is 5. The molecule has 2 N–H and O–H groups in total. The maximum atomic E-state index is 13.0. The number of nitrogens with zero attached hydrogens (tertiary/aromatic N) is 1. The number of esters is 1. The maximum Gasteiger partial charge on any atom is 0.326 e. The van der Waals surface area contributed by atoms with Crippen LogP contribution in [0, 0.1) is 13.8 Å². The SMILES string of the molecule is CC(=O)Oc1cccc(-c2c(C)cc(NC(=O)N3CCc4cc(CS(=O)O)ccc43)cc2C)c1. The largest absolute Gasteiger partial charge is 0.427 e. The standard InChI is InChI=1S/C26H26N2O5S/c1-16-11-22(12-17(2)25(16)21-5-4-6-23(14-21)33-18(3)29)27-26(30)28-10-9-20-13-19(15-34(31)32)7-8-24(20)28/h4-8,11-14H,9-10,15H2,1-3H3,(H,27,30)(H,31,32). The first-order valence-electron chi connectivity index (χ1n) is 10.9. The van der Waals surface area contributed by atoms with Crippen LogP contribution >= 0.6 is 0 Å². The number of carbonyl (C=O) groups is 2. The van der Waals surface area contributed by atoms with Crippen molar-refractivity contribution in [2.45, 2.75) is 32.9 Å². The fraction of sp³-hybridized carbons (Fsp3) is 0.231. The third-order valence-electron chi connectivity index (χ3n) is 5.74. The molecule has 3 aromatic rings. The van der Waals surface area contributed by atoms with Crippen molar-refractivity contribution in [3.05, 3.63) is 76.9 Å². The topological polar surface area (TPSA) is 95.9 Å². The molecule has 1 aliphatic rings. The number of anilines is 2. The Balaban J connectivity index is 1.53. The number of ether oxygens (including phenoxy) is 1. The van der Waals surface area contributed by atoms with Gasteiger partial charge in [0.05, 0.1) is 5.75 Å². The quantitative estimate of drug-likeness (QED) is 0.298. The first kappa shape index (κ1) is 23.7. The number of fused-ring (bicyclic) bond motifs is 1. The molecule has 8 heteroatoms. The minimum atomic E-state index is -1.90. The second-order valence-electron chi connectivity index (χ2n) is 8.37. The van der Waals surface area contributed by atoms with E-state index in [1.807, 2.05) is 56.3 Å². The van der Waals surface area contributed by atoms with E-state index in [1.165, 1.54) is 6.92 Å². The zero-order chi connectivity index (χ0) is 24.4. The molecule has 0 aliphatic carbocycles. The molecule has 34 heavy (non-hydrogen) atoms. The monoisotopic (exact) mass is 478 g/mol. The minimum Gasteiger partial charge on any atom is -0.427 e. The molecule has 1 unspecified atom stereocenters. The van der Waals surface area contributed by atoms with Crippen LogP contribution in [-0.2, 0) is 28.0 Å². The Labute approximate surface area is 201 Å². The van der Waals surface area contributed by atoms with E-state index in [1.54, 1.807) is 17.0 Å². The summed E-state index contributed by atoms with van der Waals surface area (Å²) in [6.07, 6.45) is 0.699. The van der Waals surface area contributed by atoms with E-state index in [2.05, 4.69) is 5.32 Å². The van der Waals surface area contributed by atoms with Gasteiger partial charge >= 0.3 is 12.0 Å². The summed E-state index contributed by atoms with van der Waals surface area (Å²) >= 11 is -1.90. The van der Waals surface area contributed by atoms with Crippen LogP contribution in [0.5, 0.6) is 5.75 Å². The predicted octanol–water partition coefficient (Wildman–Crippen LogP) is 5.21. The van der Waals surface area contributed by atoms with E-state index in [0.717, 1.165) is 39.1 Å². The average Bonchev–Trinajstić information content (AvgIpc) is 3.16. The normalized spacial score (nSPS) is 13.4. The lowest BCUT2D eigenvalue weighted by atomic mass is 9.95. The number of carbonyl (C=O) groups excluding carboxylic acids is 2. The third-order valence-corrected chi connectivity index (χ3v) is 6.32. The Hall–Kier alpha value is -3.49. The summed E-state index contributed by atoms with van der Waals surface area (Å²) in [5.41, 5.74) is 7.21. The number of amides is 2. The molecule has 0 spiro atoms. The van der Waals surface area contributed by atoms with Gasteiger partial charge < -0.3 is 14.6 Å². The fourth-order valence-electron chi connectivity index (χ4n) is 4.46. The average molecular weight is 479 g/mol. The molecule has 176 valence electrons. The molecule has 0 bridgehead atoms. The van der Waals surface area contributed by atoms with E-state index >= 15 is 0 Å². The second kappa shape index (κ2) is 9.79. The molecule has 1 aliphatic heterocycles. The molecule has 4 rings (SSSR count). The molecule has 7 nitrogen and oxygen atoms in total. The second-order valence-corrected chi connectivity index (χ2v) is 9.30. The summed E-state index contributed by atoms with van der Waals surface area (Å²) in [6.45, 7) is 5.88. The van der Waals surface area contributed by atoms with Gasteiger partial charge in [-0.15, -0.1) is 0 Å². The molecule has 2 amide bonds. The highest BCUT2D eigenvalue weighted by atomic mass is 32.2. The van der Waals surface area contributed by atoms with Crippen LogP contribution in [0.4, 0.5) is 16.2 Å². The van der Waals surface area contributed by atoms with Crippen molar-refractivity contribution < 1.29 is 23.1 Å². The molecule has 3 aromatic carbocycles. The van der Waals surface area contributed by atoms with E-state index in [9.17, 15) is 13.8 Å². The first-order valence-corrected chi connectivity index (χ1v) is 12.2. The van der Waals surface area contributed by atoms with Crippen LogP contribution < -0.4 is 15.0 Å². The maximum absolute atomic E-state index is 13.0.